The van der Waals surface area contributed by atoms with Gasteiger partial charge in [-0.15, -0.1) is 0 Å². The summed E-state index contributed by atoms with van der Waals surface area (Å²) in [5.41, 5.74) is 2.92. The van der Waals surface area contributed by atoms with E-state index in [9.17, 15) is 9.59 Å². The highest BCUT2D eigenvalue weighted by atomic mass is 16.2. The lowest BCUT2D eigenvalue weighted by molar-refractivity contribution is 0.0914. The maximum Gasteiger partial charge on any atom is 0.271 e. The van der Waals surface area contributed by atoms with Gasteiger partial charge < -0.3 is 10.6 Å². The van der Waals surface area contributed by atoms with Gasteiger partial charge in [-0.05, 0) is 29.7 Å². The van der Waals surface area contributed by atoms with Crippen molar-refractivity contribution >= 4 is 33.9 Å². The van der Waals surface area contributed by atoms with E-state index in [2.05, 4.69) is 30.6 Å². The van der Waals surface area contributed by atoms with Crippen LogP contribution in [0.3, 0.4) is 0 Å². The second kappa shape index (κ2) is 8.43. The average Bonchev–Trinajstić information content (AvgIpc) is 2.80. The first kappa shape index (κ1) is 20.3. The van der Waals surface area contributed by atoms with Gasteiger partial charge in [0.05, 0.1) is 34.5 Å². The van der Waals surface area contributed by atoms with E-state index in [4.69, 9.17) is 0 Å². The molecular formula is C23H22N6O2. The van der Waals surface area contributed by atoms with Crippen LogP contribution in [0.2, 0.25) is 0 Å². The molecule has 8 nitrogen and oxygen atoms in total. The minimum absolute atomic E-state index is 0.255. The molecule has 2 aromatic carbocycles. The molecule has 0 fully saturated rings. The summed E-state index contributed by atoms with van der Waals surface area (Å²) in [4.78, 5) is 42.2. The molecule has 0 saturated heterocycles. The fourth-order valence-corrected chi connectivity index (χ4v) is 3.02. The van der Waals surface area contributed by atoms with Crippen molar-refractivity contribution < 1.29 is 9.59 Å². The minimum Gasteiger partial charge on any atom is -0.350 e. The number of hydrogen-bond donors (Lipinski definition) is 2. The van der Waals surface area contributed by atoms with Gasteiger partial charge in [0.25, 0.3) is 11.8 Å². The lowest BCUT2D eigenvalue weighted by atomic mass is 9.93. The van der Waals surface area contributed by atoms with Gasteiger partial charge in [-0.3, -0.25) is 19.6 Å². The van der Waals surface area contributed by atoms with Gasteiger partial charge in [-0.25, -0.2) is 9.97 Å². The number of carbonyl (C=O) groups excluding carboxylic acids is 2. The number of hydrogen-bond acceptors (Lipinski definition) is 6. The SMILES string of the molecule is CC(C)(CNC(=O)c1cnc2ccccc2n1)CNC(=O)c1cnc2ccccc2n1. The molecule has 0 aliphatic rings. The molecule has 8 heteroatoms. The Morgan fingerprint density at radius 2 is 1.10 bits per heavy atom. The summed E-state index contributed by atoms with van der Waals surface area (Å²) in [6, 6.07) is 14.8. The molecule has 2 amide bonds. The summed E-state index contributed by atoms with van der Waals surface area (Å²) in [6.07, 6.45) is 2.93. The Labute approximate surface area is 179 Å². The van der Waals surface area contributed by atoms with E-state index >= 15 is 0 Å². The molecule has 0 spiro atoms. The van der Waals surface area contributed by atoms with Crippen LogP contribution in [-0.4, -0.2) is 44.8 Å². The number of nitrogens with one attached hydrogen (secondary N) is 2. The topological polar surface area (TPSA) is 110 Å². The summed E-state index contributed by atoms with van der Waals surface area (Å²) in [5.74, 6) is -0.615. The molecule has 31 heavy (non-hydrogen) atoms. The predicted molar refractivity (Wildman–Crippen MR) is 118 cm³/mol. The van der Waals surface area contributed by atoms with Crippen LogP contribution in [0.15, 0.2) is 60.9 Å². The molecule has 2 aromatic heterocycles. The van der Waals surface area contributed by atoms with Gasteiger partial charge >= 0.3 is 0 Å². The second-order valence-corrected chi connectivity index (χ2v) is 8.02. The molecule has 0 unspecified atom stereocenters. The van der Waals surface area contributed by atoms with Crippen LogP contribution in [0.5, 0.6) is 0 Å². The van der Waals surface area contributed by atoms with E-state index < -0.39 is 0 Å². The van der Waals surface area contributed by atoms with Gasteiger partial charge in [-0.1, -0.05) is 38.1 Å². The van der Waals surface area contributed by atoms with Crippen molar-refractivity contribution in [2.45, 2.75) is 13.8 Å². The van der Waals surface area contributed by atoms with E-state index in [1.807, 2.05) is 62.4 Å². The fourth-order valence-electron chi connectivity index (χ4n) is 3.02. The van der Waals surface area contributed by atoms with E-state index in [0.717, 1.165) is 11.0 Å². The number of aromatic nitrogens is 4. The Bertz CT molecular complexity index is 1170. The second-order valence-electron chi connectivity index (χ2n) is 8.02. The van der Waals surface area contributed by atoms with Crippen molar-refractivity contribution in [2.75, 3.05) is 13.1 Å². The molecule has 4 aromatic rings. The average molecular weight is 414 g/mol. The largest absolute Gasteiger partial charge is 0.350 e. The van der Waals surface area contributed by atoms with Crippen molar-refractivity contribution in [2.24, 2.45) is 5.41 Å². The Morgan fingerprint density at radius 1 is 0.710 bits per heavy atom. The summed E-state index contributed by atoms with van der Waals surface area (Å²) in [6.45, 7) is 4.60. The van der Waals surface area contributed by atoms with Crippen LogP contribution < -0.4 is 10.6 Å². The standard InChI is InChI=1S/C23H22N6O2/c1-23(2,13-26-21(30)19-11-24-15-7-3-5-9-17(15)28-19)14-27-22(31)20-12-25-16-8-4-6-10-18(16)29-20/h3-12H,13-14H2,1-2H3,(H,26,30)(H,27,31). The molecule has 4 rings (SSSR count). The molecule has 0 aliphatic carbocycles. The Balaban J connectivity index is 1.34. The van der Waals surface area contributed by atoms with E-state index in [1.165, 1.54) is 12.4 Å². The summed E-state index contributed by atoms with van der Waals surface area (Å²) < 4.78 is 0. The van der Waals surface area contributed by atoms with Gasteiger partial charge in [0.2, 0.25) is 0 Å². The molecule has 0 aliphatic heterocycles. The van der Waals surface area contributed by atoms with Gasteiger partial charge in [0.15, 0.2) is 0 Å². The Morgan fingerprint density at radius 3 is 1.52 bits per heavy atom. The molecule has 2 N–H and O–H groups in total. The van der Waals surface area contributed by atoms with Crippen molar-refractivity contribution in [3.05, 3.63) is 72.3 Å². The van der Waals surface area contributed by atoms with Crippen LogP contribution in [0.4, 0.5) is 0 Å². The summed E-state index contributed by atoms with van der Waals surface area (Å²) in [5, 5.41) is 5.74. The number of fused-ring (bicyclic) bond motifs is 2. The number of carbonyl (C=O) groups is 2. The van der Waals surface area contributed by atoms with Crippen molar-refractivity contribution in [3.8, 4) is 0 Å². The lowest BCUT2D eigenvalue weighted by Gasteiger charge is -2.25. The first-order chi connectivity index (χ1) is 14.9. The van der Waals surface area contributed by atoms with Crippen LogP contribution in [0, 0.1) is 5.41 Å². The first-order valence-corrected chi connectivity index (χ1v) is 9.91. The zero-order valence-electron chi connectivity index (χ0n) is 17.3. The number of amides is 2. The third-order valence-electron chi connectivity index (χ3n) is 4.82. The zero-order chi connectivity index (χ0) is 21.8. The Hall–Kier alpha value is -3.94. The van der Waals surface area contributed by atoms with Crippen molar-refractivity contribution in [1.29, 1.82) is 0 Å². The number of para-hydroxylation sites is 4. The fraction of sp³-hybridized carbons (Fsp3) is 0.217. The molecule has 0 atom stereocenters. The minimum atomic E-state index is -0.389. The van der Waals surface area contributed by atoms with Gasteiger partial charge in [0, 0.05) is 13.1 Å². The smallest absolute Gasteiger partial charge is 0.271 e. The van der Waals surface area contributed by atoms with Gasteiger partial charge in [-0.2, -0.15) is 0 Å². The monoisotopic (exact) mass is 414 g/mol. The highest BCUT2D eigenvalue weighted by Crippen LogP contribution is 2.14. The quantitative estimate of drug-likeness (QED) is 0.502. The Kier molecular flexibility index (Phi) is 5.53. The maximum absolute atomic E-state index is 12.5. The number of rotatable bonds is 6. The highest BCUT2D eigenvalue weighted by Gasteiger charge is 2.22. The molecule has 0 bridgehead atoms. The van der Waals surface area contributed by atoms with Crippen molar-refractivity contribution in [3.63, 3.8) is 0 Å². The maximum atomic E-state index is 12.5. The number of benzene rings is 2. The molecule has 156 valence electrons. The molecule has 2 heterocycles. The van der Waals surface area contributed by atoms with E-state index in [0.29, 0.717) is 24.1 Å². The number of nitrogens with zero attached hydrogens (tertiary/aromatic N) is 4. The van der Waals surface area contributed by atoms with Crippen LogP contribution in [-0.2, 0) is 0 Å². The molecule has 0 saturated carbocycles. The normalized spacial score (nSPS) is 11.4. The van der Waals surface area contributed by atoms with Crippen molar-refractivity contribution in [1.82, 2.24) is 30.6 Å². The van der Waals surface area contributed by atoms with E-state index in [1.54, 1.807) is 0 Å². The molecule has 0 radical (unpaired) electrons. The zero-order valence-corrected chi connectivity index (χ0v) is 17.3. The molecular weight excluding hydrogens is 392 g/mol. The van der Waals surface area contributed by atoms with Crippen LogP contribution in [0.25, 0.3) is 22.1 Å². The third kappa shape index (κ3) is 4.80. The lowest BCUT2D eigenvalue weighted by Crippen LogP contribution is -2.42. The van der Waals surface area contributed by atoms with Gasteiger partial charge in [0.1, 0.15) is 11.4 Å². The first-order valence-electron chi connectivity index (χ1n) is 9.91. The van der Waals surface area contributed by atoms with E-state index in [-0.39, 0.29) is 28.6 Å². The summed E-state index contributed by atoms with van der Waals surface area (Å²) >= 11 is 0. The summed E-state index contributed by atoms with van der Waals surface area (Å²) in [7, 11) is 0. The predicted octanol–water partition coefficient (Wildman–Crippen LogP) is 2.76. The third-order valence-corrected chi connectivity index (χ3v) is 4.82. The highest BCUT2D eigenvalue weighted by molar-refractivity contribution is 5.94. The van der Waals surface area contributed by atoms with Crippen LogP contribution in [0.1, 0.15) is 34.8 Å². The van der Waals surface area contributed by atoms with Crippen LogP contribution >= 0.6 is 0 Å².